The molecule has 0 saturated carbocycles. The number of amides is 1. The highest BCUT2D eigenvalue weighted by Crippen LogP contribution is 2.25. The minimum atomic E-state index is -3.73. The van der Waals surface area contributed by atoms with Crippen LogP contribution in [0, 0.1) is 6.92 Å². The van der Waals surface area contributed by atoms with Crippen molar-refractivity contribution in [2.45, 2.75) is 11.8 Å². The minimum absolute atomic E-state index is 0.148. The lowest BCUT2D eigenvalue weighted by Gasteiger charge is -2.20. The molecule has 1 amide bonds. The maximum Gasteiger partial charge on any atom is 0.264 e. The zero-order chi connectivity index (χ0) is 23.3. The number of hydrogen-bond acceptors (Lipinski definition) is 5. The molecule has 0 bridgehead atoms. The van der Waals surface area contributed by atoms with Gasteiger partial charge in [0.15, 0.2) is 6.61 Å². The van der Waals surface area contributed by atoms with Gasteiger partial charge in [-0.15, -0.1) is 0 Å². The van der Waals surface area contributed by atoms with E-state index < -0.39 is 10.0 Å². The molecule has 0 aromatic heterocycles. The molecular weight excluding hydrogens is 452 g/mol. The Labute approximate surface area is 192 Å². The van der Waals surface area contributed by atoms with Gasteiger partial charge in [-0.1, -0.05) is 11.6 Å². The molecule has 0 unspecified atom stereocenters. The topological polar surface area (TPSA) is 84.9 Å². The van der Waals surface area contributed by atoms with Crippen LogP contribution < -0.4 is 19.1 Å². The van der Waals surface area contributed by atoms with E-state index >= 15 is 0 Å². The maximum absolute atomic E-state index is 12.8. The lowest BCUT2D eigenvalue weighted by atomic mass is 10.2. The maximum atomic E-state index is 12.8. The Balaban J connectivity index is 1.61. The number of carbonyl (C=O) groups is 1. The van der Waals surface area contributed by atoms with Gasteiger partial charge >= 0.3 is 0 Å². The van der Waals surface area contributed by atoms with Gasteiger partial charge in [0.1, 0.15) is 11.5 Å². The Morgan fingerprint density at radius 2 is 1.62 bits per heavy atom. The van der Waals surface area contributed by atoms with Gasteiger partial charge in [-0.3, -0.25) is 9.10 Å². The summed E-state index contributed by atoms with van der Waals surface area (Å²) in [7, 11) is -0.749. The summed E-state index contributed by atoms with van der Waals surface area (Å²) >= 11 is 5.92. The largest absolute Gasteiger partial charge is 0.497 e. The summed E-state index contributed by atoms with van der Waals surface area (Å²) in [6, 6.07) is 17.8. The normalized spacial score (nSPS) is 11.0. The molecule has 3 aromatic rings. The van der Waals surface area contributed by atoms with E-state index in [1.165, 1.54) is 30.6 Å². The highest BCUT2D eigenvalue weighted by atomic mass is 35.5. The Hall–Kier alpha value is -3.23. The standard InChI is InChI=1S/C23H23ClN2O5S/c1-16-14-17(24)4-13-22(16)25-23(27)15-31-20-7-5-18(6-8-20)26(2)32(28,29)21-11-9-19(30-3)10-12-21/h4-14H,15H2,1-3H3,(H,25,27). The number of halogens is 1. The van der Waals surface area contributed by atoms with E-state index in [1.54, 1.807) is 54.6 Å². The van der Waals surface area contributed by atoms with Crippen LogP contribution in [-0.4, -0.2) is 35.1 Å². The molecule has 9 heteroatoms. The van der Waals surface area contributed by atoms with Crippen molar-refractivity contribution in [2.75, 3.05) is 30.4 Å². The molecular formula is C23H23ClN2O5S. The van der Waals surface area contributed by atoms with Crippen molar-refractivity contribution in [2.24, 2.45) is 0 Å². The number of sulfonamides is 1. The van der Waals surface area contributed by atoms with Crippen molar-refractivity contribution in [3.63, 3.8) is 0 Å². The van der Waals surface area contributed by atoms with Crippen molar-refractivity contribution >= 4 is 38.9 Å². The van der Waals surface area contributed by atoms with Crippen LogP contribution in [0.4, 0.5) is 11.4 Å². The van der Waals surface area contributed by atoms with Crippen LogP contribution in [0.5, 0.6) is 11.5 Å². The average Bonchev–Trinajstić information content (AvgIpc) is 2.79. The lowest BCUT2D eigenvalue weighted by Crippen LogP contribution is -2.26. The number of aryl methyl sites for hydroxylation is 1. The third kappa shape index (κ3) is 5.52. The third-order valence-corrected chi connectivity index (χ3v) is 6.79. The quantitative estimate of drug-likeness (QED) is 0.519. The summed E-state index contributed by atoms with van der Waals surface area (Å²) in [5, 5.41) is 3.36. The fraction of sp³-hybridized carbons (Fsp3) is 0.174. The van der Waals surface area contributed by atoms with E-state index in [4.69, 9.17) is 21.1 Å². The molecule has 0 aliphatic rings. The number of nitrogens with zero attached hydrogens (tertiary/aromatic N) is 1. The summed E-state index contributed by atoms with van der Waals surface area (Å²) in [5.74, 6) is 0.689. The number of methoxy groups -OCH3 is 1. The minimum Gasteiger partial charge on any atom is -0.497 e. The van der Waals surface area contributed by atoms with Crippen LogP contribution in [-0.2, 0) is 14.8 Å². The fourth-order valence-electron chi connectivity index (χ4n) is 2.90. The predicted octanol–water partition coefficient (Wildman–Crippen LogP) is 4.50. The van der Waals surface area contributed by atoms with Gasteiger partial charge in [-0.05, 0) is 79.2 Å². The molecule has 0 aliphatic carbocycles. The van der Waals surface area contributed by atoms with Crippen molar-refractivity contribution in [1.82, 2.24) is 0 Å². The molecule has 3 rings (SSSR count). The summed E-state index contributed by atoms with van der Waals surface area (Å²) in [6.07, 6.45) is 0. The smallest absolute Gasteiger partial charge is 0.264 e. The average molecular weight is 475 g/mol. The second-order valence-corrected chi connectivity index (χ2v) is 9.34. The molecule has 3 aromatic carbocycles. The van der Waals surface area contributed by atoms with E-state index in [0.717, 1.165) is 5.56 Å². The van der Waals surface area contributed by atoms with Crippen LogP contribution in [0.3, 0.4) is 0 Å². The van der Waals surface area contributed by atoms with Gasteiger partial charge in [-0.2, -0.15) is 0 Å². The Kier molecular flexibility index (Phi) is 7.27. The van der Waals surface area contributed by atoms with Crippen LogP contribution in [0.1, 0.15) is 5.56 Å². The molecule has 0 heterocycles. The van der Waals surface area contributed by atoms with E-state index in [2.05, 4.69) is 5.32 Å². The molecule has 1 N–H and O–H groups in total. The van der Waals surface area contributed by atoms with E-state index in [1.807, 2.05) is 6.92 Å². The Bertz CT molecular complexity index is 1200. The highest BCUT2D eigenvalue weighted by Gasteiger charge is 2.21. The highest BCUT2D eigenvalue weighted by molar-refractivity contribution is 7.92. The first-order chi connectivity index (χ1) is 15.2. The van der Waals surface area contributed by atoms with Gasteiger partial charge in [0, 0.05) is 17.8 Å². The second-order valence-electron chi connectivity index (χ2n) is 6.94. The number of ether oxygens (including phenoxy) is 2. The molecule has 168 valence electrons. The van der Waals surface area contributed by atoms with Crippen molar-refractivity contribution < 1.29 is 22.7 Å². The molecule has 0 radical (unpaired) electrons. The molecule has 32 heavy (non-hydrogen) atoms. The van der Waals surface area contributed by atoms with Crippen LogP contribution in [0.25, 0.3) is 0 Å². The van der Waals surface area contributed by atoms with Crippen LogP contribution in [0.2, 0.25) is 5.02 Å². The van der Waals surface area contributed by atoms with E-state index in [0.29, 0.717) is 27.9 Å². The van der Waals surface area contributed by atoms with Gasteiger partial charge in [0.05, 0.1) is 17.7 Å². The summed E-state index contributed by atoms with van der Waals surface area (Å²) in [4.78, 5) is 12.3. The monoisotopic (exact) mass is 474 g/mol. The van der Waals surface area contributed by atoms with Gasteiger partial charge in [0.25, 0.3) is 15.9 Å². The van der Waals surface area contributed by atoms with Gasteiger partial charge < -0.3 is 14.8 Å². The Morgan fingerprint density at radius 3 is 2.22 bits per heavy atom. The summed E-state index contributed by atoms with van der Waals surface area (Å²) in [5.41, 5.74) is 1.95. The number of anilines is 2. The predicted molar refractivity (Wildman–Crippen MR) is 125 cm³/mol. The van der Waals surface area contributed by atoms with Crippen molar-refractivity contribution in [3.8, 4) is 11.5 Å². The van der Waals surface area contributed by atoms with Crippen LogP contribution in [0.15, 0.2) is 71.6 Å². The molecule has 0 spiro atoms. The van der Waals surface area contributed by atoms with E-state index in [9.17, 15) is 13.2 Å². The molecule has 7 nitrogen and oxygen atoms in total. The first-order valence-electron chi connectivity index (χ1n) is 9.62. The molecule has 0 aliphatic heterocycles. The zero-order valence-corrected chi connectivity index (χ0v) is 19.4. The fourth-order valence-corrected chi connectivity index (χ4v) is 4.32. The van der Waals surface area contributed by atoms with Crippen molar-refractivity contribution in [3.05, 3.63) is 77.3 Å². The number of carbonyl (C=O) groups excluding carboxylic acids is 1. The Morgan fingerprint density at radius 1 is 1.00 bits per heavy atom. The summed E-state index contributed by atoms with van der Waals surface area (Å²) < 4.78 is 37.5. The van der Waals surface area contributed by atoms with Gasteiger partial charge in [-0.25, -0.2) is 8.42 Å². The number of rotatable bonds is 8. The first kappa shape index (κ1) is 23.4. The lowest BCUT2D eigenvalue weighted by molar-refractivity contribution is -0.118. The molecule has 0 saturated heterocycles. The zero-order valence-electron chi connectivity index (χ0n) is 17.8. The molecule has 0 atom stereocenters. The second kappa shape index (κ2) is 9.93. The SMILES string of the molecule is COc1ccc(S(=O)(=O)N(C)c2ccc(OCC(=O)Nc3ccc(Cl)cc3C)cc2)cc1. The van der Waals surface area contributed by atoms with Crippen molar-refractivity contribution in [1.29, 1.82) is 0 Å². The first-order valence-corrected chi connectivity index (χ1v) is 11.4. The number of benzene rings is 3. The molecule has 0 fully saturated rings. The number of hydrogen-bond donors (Lipinski definition) is 1. The van der Waals surface area contributed by atoms with Crippen LogP contribution >= 0.6 is 11.6 Å². The van der Waals surface area contributed by atoms with E-state index in [-0.39, 0.29) is 17.4 Å². The third-order valence-electron chi connectivity index (χ3n) is 4.75. The van der Waals surface area contributed by atoms with Gasteiger partial charge in [0.2, 0.25) is 0 Å². The number of nitrogens with one attached hydrogen (secondary N) is 1. The summed E-state index contributed by atoms with van der Waals surface area (Å²) in [6.45, 7) is 1.65.